The van der Waals surface area contributed by atoms with E-state index in [2.05, 4.69) is 25.4 Å². The summed E-state index contributed by atoms with van der Waals surface area (Å²) in [5.41, 5.74) is 0. The van der Waals surface area contributed by atoms with Gasteiger partial charge in [-0.3, -0.25) is 4.79 Å². The molecule has 1 aromatic carbocycles. The van der Waals surface area contributed by atoms with Crippen LogP contribution in [0.3, 0.4) is 0 Å². The largest absolute Gasteiger partial charge is 0.468 e. The topological polar surface area (TPSA) is 72.5 Å². The van der Waals surface area contributed by atoms with Crippen LogP contribution in [0.4, 0.5) is 4.39 Å². The lowest BCUT2D eigenvalue weighted by Gasteiger charge is -2.18. The molecule has 0 spiro atoms. The molecule has 8 heteroatoms. The molecule has 0 radical (unpaired) electrons. The number of hydrogen-bond acceptors (Lipinski definition) is 4. The minimum absolute atomic E-state index is 0.0594. The summed E-state index contributed by atoms with van der Waals surface area (Å²) in [6.07, 6.45) is 0.252. The second kappa shape index (κ2) is 7.33. The third kappa shape index (κ3) is 5.05. The quantitative estimate of drug-likeness (QED) is 0.768. The average molecular weight is 382 g/mol. The lowest BCUT2D eigenvalue weighted by Crippen LogP contribution is -2.42. The molecule has 1 rings (SSSR count). The molecule has 0 aliphatic heterocycles. The highest BCUT2D eigenvalue weighted by atomic mass is 79.9. The maximum absolute atomic E-state index is 13.7. The van der Waals surface area contributed by atoms with Crippen molar-refractivity contribution in [2.24, 2.45) is 5.92 Å². The van der Waals surface area contributed by atoms with Crippen LogP contribution in [0.5, 0.6) is 0 Å². The predicted octanol–water partition coefficient (Wildman–Crippen LogP) is 2.45. The summed E-state index contributed by atoms with van der Waals surface area (Å²) >= 11 is 3.09. The molecular weight excluding hydrogens is 365 g/mol. The molecule has 5 nitrogen and oxygen atoms in total. The Labute approximate surface area is 132 Å². The van der Waals surface area contributed by atoms with Crippen molar-refractivity contribution >= 4 is 31.9 Å². The van der Waals surface area contributed by atoms with Crippen LogP contribution in [-0.2, 0) is 19.6 Å². The van der Waals surface area contributed by atoms with E-state index in [9.17, 15) is 17.6 Å². The van der Waals surface area contributed by atoms with Gasteiger partial charge < -0.3 is 4.74 Å². The van der Waals surface area contributed by atoms with Gasteiger partial charge in [-0.1, -0.05) is 29.8 Å². The molecule has 0 aliphatic rings. The van der Waals surface area contributed by atoms with Gasteiger partial charge in [0.25, 0.3) is 0 Å². The number of hydrogen-bond donors (Lipinski definition) is 1. The van der Waals surface area contributed by atoms with E-state index < -0.39 is 32.7 Å². The summed E-state index contributed by atoms with van der Waals surface area (Å²) in [4.78, 5) is 11.1. The fourth-order valence-electron chi connectivity index (χ4n) is 1.74. The molecule has 0 aliphatic carbocycles. The monoisotopic (exact) mass is 381 g/mol. The van der Waals surface area contributed by atoms with Crippen molar-refractivity contribution < 1.29 is 22.3 Å². The molecule has 0 heterocycles. The van der Waals surface area contributed by atoms with Gasteiger partial charge in [-0.2, -0.15) is 4.72 Å². The van der Waals surface area contributed by atoms with E-state index in [0.717, 1.165) is 12.1 Å². The number of nitrogens with one attached hydrogen (secondary N) is 1. The van der Waals surface area contributed by atoms with E-state index in [1.165, 1.54) is 13.2 Å². The van der Waals surface area contributed by atoms with Gasteiger partial charge in [0, 0.05) is 4.47 Å². The fourth-order valence-corrected chi connectivity index (χ4v) is 3.55. The highest BCUT2D eigenvalue weighted by Gasteiger charge is 2.29. The number of carbonyl (C=O) groups excluding carboxylic acids is 1. The molecule has 1 atom stereocenters. The third-order valence-electron chi connectivity index (χ3n) is 2.67. The Morgan fingerprint density at radius 3 is 2.57 bits per heavy atom. The molecule has 0 aromatic heterocycles. The molecule has 0 fully saturated rings. The minimum atomic E-state index is -4.17. The van der Waals surface area contributed by atoms with Crippen LogP contribution in [0, 0.1) is 11.7 Å². The van der Waals surface area contributed by atoms with Crippen molar-refractivity contribution in [1.82, 2.24) is 4.72 Å². The van der Waals surface area contributed by atoms with Gasteiger partial charge in [-0.25, -0.2) is 12.8 Å². The number of methoxy groups -OCH3 is 1. The van der Waals surface area contributed by atoms with Gasteiger partial charge in [0.1, 0.15) is 16.8 Å². The SMILES string of the molecule is COC(=O)C(CC(C)C)NS(=O)(=O)c1cc(Br)ccc1F. The van der Waals surface area contributed by atoms with Crippen LogP contribution in [0.25, 0.3) is 0 Å². The Kier molecular flexibility index (Phi) is 6.30. The van der Waals surface area contributed by atoms with Crippen molar-refractivity contribution in [3.63, 3.8) is 0 Å². The lowest BCUT2D eigenvalue weighted by atomic mass is 10.1. The van der Waals surface area contributed by atoms with Gasteiger partial charge in [0.15, 0.2) is 0 Å². The summed E-state index contributed by atoms with van der Waals surface area (Å²) in [5, 5.41) is 0. The Morgan fingerprint density at radius 1 is 1.43 bits per heavy atom. The maximum Gasteiger partial charge on any atom is 0.323 e. The number of esters is 1. The summed E-state index contributed by atoms with van der Waals surface area (Å²) in [5.74, 6) is -1.54. The first kappa shape index (κ1) is 18.1. The highest BCUT2D eigenvalue weighted by Crippen LogP contribution is 2.21. The van der Waals surface area contributed by atoms with Gasteiger partial charge in [-0.05, 0) is 30.5 Å². The summed E-state index contributed by atoms with van der Waals surface area (Å²) in [6.45, 7) is 3.67. The number of ether oxygens (including phenoxy) is 1. The zero-order valence-corrected chi connectivity index (χ0v) is 14.3. The first-order valence-corrected chi connectivity index (χ1v) is 8.50. The smallest absolute Gasteiger partial charge is 0.323 e. The number of sulfonamides is 1. The summed E-state index contributed by atoms with van der Waals surface area (Å²) in [6, 6.07) is 2.51. The van der Waals surface area contributed by atoms with Crippen molar-refractivity contribution in [1.29, 1.82) is 0 Å². The normalized spacial score (nSPS) is 13.2. The number of halogens is 2. The Bertz CT molecular complexity index is 619. The van der Waals surface area contributed by atoms with Gasteiger partial charge in [-0.15, -0.1) is 0 Å². The molecule has 1 N–H and O–H groups in total. The fraction of sp³-hybridized carbons (Fsp3) is 0.462. The third-order valence-corrected chi connectivity index (χ3v) is 4.65. The minimum Gasteiger partial charge on any atom is -0.468 e. The molecule has 0 saturated heterocycles. The van der Waals surface area contributed by atoms with Crippen molar-refractivity contribution in [2.45, 2.75) is 31.2 Å². The summed E-state index contributed by atoms with van der Waals surface area (Å²) in [7, 11) is -3.00. The molecule has 0 bridgehead atoms. The standard InChI is InChI=1S/C13H17BrFNO4S/c1-8(2)6-11(13(17)20-3)16-21(18,19)12-7-9(14)4-5-10(12)15/h4-5,7-8,11,16H,6H2,1-3H3. The van der Waals surface area contributed by atoms with Gasteiger partial charge in [0.2, 0.25) is 10.0 Å². The van der Waals surface area contributed by atoms with E-state index in [0.29, 0.717) is 4.47 Å². The number of rotatable bonds is 6. The zero-order valence-electron chi connectivity index (χ0n) is 11.9. The van der Waals surface area contributed by atoms with Crippen LogP contribution < -0.4 is 4.72 Å². The van der Waals surface area contributed by atoms with Gasteiger partial charge >= 0.3 is 5.97 Å². The van der Waals surface area contributed by atoms with Crippen LogP contribution in [0.1, 0.15) is 20.3 Å². The Morgan fingerprint density at radius 2 is 2.05 bits per heavy atom. The number of carbonyl (C=O) groups is 1. The van der Waals surface area contributed by atoms with Crippen LogP contribution in [0.15, 0.2) is 27.6 Å². The predicted molar refractivity (Wildman–Crippen MR) is 79.7 cm³/mol. The van der Waals surface area contributed by atoms with E-state index in [1.54, 1.807) is 0 Å². The average Bonchev–Trinajstić information content (AvgIpc) is 2.38. The maximum atomic E-state index is 13.7. The number of benzene rings is 1. The lowest BCUT2D eigenvalue weighted by molar-refractivity contribution is -0.143. The van der Waals surface area contributed by atoms with E-state index in [1.807, 2.05) is 13.8 Å². The highest BCUT2D eigenvalue weighted by molar-refractivity contribution is 9.10. The van der Waals surface area contributed by atoms with E-state index in [4.69, 9.17) is 0 Å². The first-order chi connectivity index (χ1) is 9.67. The molecule has 1 aromatic rings. The zero-order chi connectivity index (χ0) is 16.2. The molecule has 118 valence electrons. The first-order valence-electron chi connectivity index (χ1n) is 6.22. The van der Waals surface area contributed by atoms with Gasteiger partial charge in [0.05, 0.1) is 7.11 Å². The van der Waals surface area contributed by atoms with Crippen LogP contribution in [0.2, 0.25) is 0 Å². The molecule has 21 heavy (non-hydrogen) atoms. The van der Waals surface area contributed by atoms with Crippen molar-refractivity contribution in [2.75, 3.05) is 7.11 Å². The van der Waals surface area contributed by atoms with Crippen molar-refractivity contribution in [3.05, 3.63) is 28.5 Å². The second-order valence-electron chi connectivity index (χ2n) is 4.90. The van der Waals surface area contributed by atoms with Crippen LogP contribution >= 0.6 is 15.9 Å². The Hall–Kier alpha value is -0.990. The molecule has 0 amide bonds. The van der Waals surface area contributed by atoms with Crippen molar-refractivity contribution in [3.8, 4) is 0 Å². The molecular formula is C13H17BrFNO4S. The van der Waals surface area contributed by atoms with E-state index in [-0.39, 0.29) is 12.3 Å². The van der Waals surface area contributed by atoms with E-state index >= 15 is 0 Å². The molecule has 0 saturated carbocycles. The van der Waals surface area contributed by atoms with Crippen LogP contribution in [-0.4, -0.2) is 27.5 Å². The summed E-state index contributed by atoms with van der Waals surface area (Å²) < 4.78 is 45.4. The second-order valence-corrected chi connectivity index (χ2v) is 7.50. The molecule has 1 unspecified atom stereocenters. The Balaban J connectivity index is 3.11.